The van der Waals surface area contributed by atoms with Crippen LogP contribution in [0.15, 0.2) is 42.5 Å². The Bertz CT molecular complexity index is 579. The lowest BCUT2D eigenvalue weighted by Gasteiger charge is -2.04. The monoisotopic (exact) mass is 261 g/mol. The topological polar surface area (TPSA) is 43.1 Å². The summed E-state index contributed by atoms with van der Waals surface area (Å²) in [7, 11) is 0. The molecule has 4 heteroatoms. The first-order chi connectivity index (χ1) is 8.56. The maximum absolute atomic E-state index is 11.0. The van der Waals surface area contributed by atoms with E-state index >= 15 is 0 Å². The van der Waals surface area contributed by atoms with Crippen molar-refractivity contribution in [2.45, 2.75) is 13.3 Å². The van der Waals surface area contributed by atoms with Gasteiger partial charge in [0.2, 0.25) is 0 Å². The molecule has 0 heterocycles. The van der Waals surface area contributed by atoms with E-state index < -0.39 is 0 Å². The van der Waals surface area contributed by atoms with Crippen LogP contribution in [-0.4, -0.2) is 4.92 Å². The highest BCUT2D eigenvalue weighted by Gasteiger charge is 2.13. The van der Waals surface area contributed by atoms with Gasteiger partial charge in [0.25, 0.3) is 5.69 Å². The summed E-state index contributed by atoms with van der Waals surface area (Å²) >= 11 is 5.81. The molecular formula is C14H12ClNO2. The van der Waals surface area contributed by atoms with Crippen molar-refractivity contribution in [3.8, 4) is 0 Å². The lowest BCUT2D eigenvalue weighted by molar-refractivity contribution is -0.385. The molecule has 0 saturated carbocycles. The maximum Gasteiger partial charge on any atom is 0.273 e. The van der Waals surface area contributed by atoms with E-state index in [1.165, 1.54) is 0 Å². The van der Waals surface area contributed by atoms with E-state index in [2.05, 4.69) is 0 Å². The number of halogens is 1. The third-order valence-corrected chi connectivity index (χ3v) is 3.00. The highest BCUT2D eigenvalue weighted by atomic mass is 35.5. The maximum atomic E-state index is 11.0. The zero-order valence-corrected chi connectivity index (χ0v) is 10.6. The van der Waals surface area contributed by atoms with E-state index in [4.69, 9.17) is 11.6 Å². The van der Waals surface area contributed by atoms with Gasteiger partial charge in [-0.25, -0.2) is 0 Å². The Kier molecular flexibility index (Phi) is 3.63. The molecule has 0 fully saturated rings. The zero-order chi connectivity index (χ0) is 13.1. The van der Waals surface area contributed by atoms with Gasteiger partial charge < -0.3 is 0 Å². The molecule has 92 valence electrons. The molecule has 0 N–H and O–H groups in total. The van der Waals surface area contributed by atoms with Gasteiger partial charge in [0.1, 0.15) is 0 Å². The van der Waals surface area contributed by atoms with Crippen LogP contribution in [0.4, 0.5) is 5.69 Å². The summed E-state index contributed by atoms with van der Waals surface area (Å²) < 4.78 is 0. The summed E-state index contributed by atoms with van der Waals surface area (Å²) in [5.41, 5.74) is 2.78. The van der Waals surface area contributed by atoms with E-state index in [9.17, 15) is 10.1 Å². The van der Waals surface area contributed by atoms with Crippen LogP contribution in [0.25, 0.3) is 0 Å². The number of benzene rings is 2. The van der Waals surface area contributed by atoms with E-state index in [1.54, 1.807) is 18.2 Å². The Morgan fingerprint density at radius 2 is 1.83 bits per heavy atom. The number of nitro benzene ring substituents is 1. The lowest BCUT2D eigenvalue weighted by Crippen LogP contribution is -1.97. The molecule has 18 heavy (non-hydrogen) atoms. The van der Waals surface area contributed by atoms with Crippen LogP contribution < -0.4 is 0 Å². The van der Waals surface area contributed by atoms with Crippen molar-refractivity contribution in [1.82, 2.24) is 0 Å². The second-order valence-electron chi connectivity index (χ2n) is 4.19. The van der Waals surface area contributed by atoms with Crippen LogP contribution in [0.2, 0.25) is 5.02 Å². The van der Waals surface area contributed by atoms with Crippen LogP contribution in [0.3, 0.4) is 0 Å². The van der Waals surface area contributed by atoms with E-state index in [-0.39, 0.29) is 10.6 Å². The summed E-state index contributed by atoms with van der Waals surface area (Å²) in [6.07, 6.45) is 0.535. The molecule has 0 unspecified atom stereocenters. The minimum Gasteiger partial charge on any atom is -0.258 e. The van der Waals surface area contributed by atoms with Crippen LogP contribution in [0.5, 0.6) is 0 Å². The summed E-state index contributed by atoms with van der Waals surface area (Å²) in [5.74, 6) is 0. The molecule has 2 aromatic carbocycles. The standard InChI is InChI=1S/C14H12ClNO2/c1-10-2-5-12(14(8-10)16(17)18)9-11-3-6-13(15)7-4-11/h2-8H,9H2,1H3. The third-order valence-electron chi connectivity index (χ3n) is 2.75. The summed E-state index contributed by atoms with van der Waals surface area (Å²) in [6.45, 7) is 1.85. The zero-order valence-electron chi connectivity index (χ0n) is 9.89. The molecule has 0 aliphatic carbocycles. The fraction of sp³-hybridized carbons (Fsp3) is 0.143. The molecule has 0 spiro atoms. The van der Waals surface area contributed by atoms with Gasteiger partial charge in [-0.15, -0.1) is 0 Å². The molecule has 0 atom stereocenters. The molecular weight excluding hydrogens is 250 g/mol. The molecule has 0 aliphatic heterocycles. The SMILES string of the molecule is Cc1ccc(Cc2ccc(Cl)cc2)c([N+](=O)[O-])c1. The quantitative estimate of drug-likeness (QED) is 0.615. The molecule has 0 aliphatic rings. The minimum absolute atomic E-state index is 0.171. The van der Waals surface area contributed by atoms with Gasteiger partial charge in [-0.1, -0.05) is 35.9 Å². The van der Waals surface area contributed by atoms with Gasteiger partial charge in [-0.2, -0.15) is 0 Å². The molecule has 0 bridgehead atoms. The fourth-order valence-electron chi connectivity index (χ4n) is 1.82. The predicted octanol–water partition coefficient (Wildman–Crippen LogP) is 4.15. The number of rotatable bonds is 3. The summed E-state index contributed by atoms with van der Waals surface area (Å²) in [4.78, 5) is 10.7. The van der Waals surface area contributed by atoms with Crippen molar-refractivity contribution in [2.75, 3.05) is 0 Å². The van der Waals surface area contributed by atoms with E-state index in [0.717, 1.165) is 11.1 Å². The largest absolute Gasteiger partial charge is 0.273 e. The van der Waals surface area contributed by atoms with Gasteiger partial charge >= 0.3 is 0 Å². The number of hydrogen-bond acceptors (Lipinski definition) is 2. The van der Waals surface area contributed by atoms with Crippen molar-refractivity contribution in [3.05, 3.63) is 74.3 Å². The Morgan fingerprint density at radius 1 is 1.17 bits per heavy atom. The summed E-state index contributed by atoms with van der Waals surface area (Å²) in [6, 6.07) is 12.6. The fourth-order valence-corrected chi connectivity index (χ4v) is 1.94. The Hall–Kier alpha value is -1.87. The van der Waals surface area contributed by atoms with E-state index in [0.29, 0.717) is 17.0 Å². The average molecular weight is 262 g/mol. The van der Waals surface area contributed by atoms with Crippen molar-refractivity contribution in [2.24, 2.45) is 0 Å². The Morgan fingerprint density at radius 3 is 2.44 bits per heavy atom. The molecule has 2 aromatic rings. The van der Waals surface area contributed by atoms with Crippen molar-refractivity contribution in [1.29, 1.82) is 0 Å². The number of aryl methyl sites for hydroxylation is 1. The van der Waals surface area contributed by atoms with Crippen LogP contribution in [0.1, 0.15) is 16.7 Å². The van der Waals surface area contributed by atoms with Gasteiger partial charge in [-0.05, 0) is 30.2 Å². The first-order valence-corrected chi connectivity index (χ1v) is 5.92. The number of nitro groups is 1. The average Bonchev–Trinajstić information content (AvgIpc) is 2.34. The van der Waals surface area contributed by atoms with Gasteiger partial charge in [0.15, 0.2) is 0 Å². The highest BCUT2D eigenvalue weighted by Crippen LogP contribution is 2.23. The molecule has 0 saturated heterocycles. The van der Waals surface area contributed by atoms with Crippen LogP contribution in [0, 0.1) is 17.0 Å². The van der Waals surface area contributed by atoms with Crippen molar-refractivity contribution >= 4 is 17.3 Å². The van der Waals surface area contributed by atoms with Crippen molar-refractivity contribution in [3.63, 3.8) is 0 Å². The Balaban J connectivity index is 2.34. The first kappa shape index (κ1) is 12.6. The molecule has 3 nitrogen and oxygen atoms in total. The van der Waals surface area contributed by atoms with Gasteiger partial charge in [-0.3, -0.25) is 10.1 Å². The normalized spacial score (nSPS) is 10.3. The molecule has 2 rings (SSSR count). The van der Waals surface area contributed by atoms with Crippen LogP contribution in [-0.2, 0) is 6.42 Å². The van der Waals surface area contributed by atoms with E-state index in [1.807, 2.05) is 31.2 Å². The van der Waals surface area contributed by atoms with Gasteiger partial charge in [0.05, 0.1) is 4.92 Å². The van der Waals surface area contributed by atoms with Gasteiger partial charge in [0, 0.05) is 23.1 Å². The third kappa shape index (κ3) is 2.87. The molecule has 0 aromatic heterocycles. The highest BCUT2D eigenvalue weighted by molar-refractivity contribution is 6.30. The molecule has 0 amide bonds. The first-order valence-electron chi connectivity index (χ1n) is 5.54. The van der Waals surface area contributed by atoms with Crippen LogP contribution >= 0.6 is 11.6 Å². The molecule has 0 radical (unpaired) electrons. The summed E-state index contributed by atoms with van der Waals surface area (Å²) in [5, 5.41) is 11.7. The smallest absolute Gasteiger partial charge is 0.258 e. The van der Waals surface area contributed by atoms with Crippen molar-refractivity contribution < 1.29 is 4.92 Å². The second-order valence-corrected chi connectivity index (χ2v) is 4.63. The lowest BCUT2D eigenvalue weighted by atomic mass is 10.0. The minimum atomic E-state index is -0.335. The second kappa shape index (κ2) is 5.19. The number of hydrogen-bond donors (Lipinski definition) is 0. The predicted molar refractivity (Wildman–Crippen MR) is 72.1 cm³/mol. The number of nitrogens with zero attached hydrogens (tertiary/aromatic N) is 1. The Labute approximate surface area is 110 Å².